The van der Waals surface area contributed by atoms with E-state index in [2.05, 4.69) is 6.92 Å². The Bertz CT molecular complexity index is 520. The maximum Gasteiger partial charge on any atom is 0.155 e. The summed E-state index contributed by atoms with van der Waals surface area (Å²) in [5.41, 5.74) is 3.19. The molecule has 3 saturated carbocycles. The van der Waals surface area contributed by atoms with E-state index in [0.717, 1.165) is 37.0 Å². The van der Waals surface area contributed by atoms with Crippen molar-refractivity contribution in [2.24, 2.45) is 29.1 Å². The first-order valence-electron chi connectivity index (χ1n) is 9.41. The molecule has 0 amide bonds. The summed E-state index contributed by atoms with van der Waals surface area (Å²) in [5.74, 6) is 3.42. The maximum atomic E-state index is 11.9. The van der Waals surface area contributed by atoms with Gasteiger partial charge >= 0.3 is 0 Å². The van der Waals surface area contributed by atoms with Crippen LogP contribution in [0.5, 0.6) is 0 Å². The minimum atomic E-state index is -0.0514. The van der Waals surface area contributed by atoms with Crippen molar-refractivity contribution in [3.8, 4) is 0 Å². The van der Waals surface area contributed by atoms with Gasteiger partial charge in [0.25, 0.3) is 0 Å². The molecule has 2 heteroatoms. The third-order valence-corrected chi connectivity index (χ3v) is 7.92. The average Bonchev–Trinajstić information content (AvgIpc) is 2.92. The maximum absolute atomic E-state index is 11.9. The molecule has 0 spiro atoms. The minimum Gasteiger partial charge on any atom is -0.393 e. The summed E-state index contributed by atoms with van der Waals surface area (Å²) in [6, 6.07) is 0. The molecule has 6 unspecified atom stereocenters. The second-order valence-corrected chi connectivity index (χ2v) is 8.72. The predicted molar refractivity (Wildman–Crippen MR) is 87.3 cm³/mol. The molecule has 4 aliphatic carbocycles. The highest BCUT2D eigenvalue weighted by atomic mass is 16.3. The second-order valence-electron chi connectivity index (χ2n) is 8.72. The van der Waals surface area contributed by atoms with Gasteiger partial charge in [-0.1, -0.05) is 12.5 Å². The van der Waals surface area contributed by atoms with Gasteiger partial charge in [0.15, 0.2) is 5.78 Å². The predicted octanol–water partition coefficient (Wildman–Crippen LogP) is 4.27. The molecule has 4 aliphatic rings. The first-order chi connectivity index (χ1) is 10.5. The molecule has 0 aliphatic heterocycles. The largest absolute Gasteiger partial charge is 0.393 e. The average molecular weight is 302 g/mol. The first kappa shape index (κ1) is 14.9. The van der Waals surface area contributed by atoms with Gasteiger partial charge in [0.05, 0.1) is 6.10 Å². The molecule has 22 heavy (non-hydrogen) atoms. The van der Waals surface area contributed by atoms with Crippen LogP contribution in [0.15, 0.2) is 11.1 Å². The number of aliphatic hydroxyl groups excluding tert-OH is 1. The number of hydrogen-bond acceptors (Lipinski definition) is 2. The third-order valence-electron chi connectivity index (χ3n) is 7.92. The molecule has 0 radical (unpaired) electrons. The first-order valence-corrected chi connectivity index (χ1v) is 9.41. The number of ketones is 1. The van der Waals surface area contributed by atoms with E-state index in [0.29, 0.717) is 17.1 Å². The number of hydrogen-bond donors (Lipinski definition) is 1. The van der Waals surface area contributed by atoms with E-state index in [1.54, 1.807) is 12.5 Å². The van der Waals surface area contributed by atoms with Crippen molar-refractivity contribution in [3.63, 3.8) is 0 Å². The molecule has 0 heterocycles. The van der Waals surface area contributed by atoms with Crippen LogP contribution in [0.2, 0.25) is 0 Å². The van der Waals surface area contributed by atoms with Gasteiger partial charge in [-0.2, -0.15) is 0 Å². The van der Waals surface area contributed by atoms with Gasteiger partial charge in [0, 0.05) is 0 Å². The molecular weight excluding hydrogens is 272 g/mol. The van der Waals surface area contributed by atoms with Crippen LogP contribution in [0.1, 0.15) is 71.6 Å². The number of fused-ring (bicyclic) bond motifs is 5. The summed E-state index contributed by atoms with van der Waals surface area (Å²) in [5, 5.41) is 10.1. The lowest BCUT2D eigenvalue weighted by Crippen LogP contribution is -2.50. The van der Waals surface area contributed by atoms with Gasteiger partial charge in [0.1, 0.15) is 0 Å². The van der Waals surface area contributed by atoms with E-state index in [4.69, 9.17) is 0 Å². The molecule has 6 atom stereocenters. The third kappa shape index (κ3) is 2.06. The van der Waals surface area contributed by atoms with Crippen LogP contribution in [-0.2, 0) is 4.79 Å². The SMILES string of the molecule is CC(=O)C1=C2CCC3C(CCC4CC(O)CCC43C)C2CC1. The fourth-order valence-corrected chi connectivity index (χ4v) is 6.82. The Kier molecular flexibility index (Phi) is 3.52. The van der Waals surface area contributed by atoms with Crippen molar-refractivity contribution < 1.29 is 9.90 Å². The number of Topliss-reactive ketones (excluding diaryl/α,β-unsaturated/α-hetero) is 1. The van der Waals surface area contributed by atoms with E-state index < -0.39 is 0 Å². The lowest BCUT2D eigenvalue weighted by atomic mass is 9.47. The van der Waals surface area contributed by atoms with Gasteiger partial charge in [-0.15, -0.1) is 0 Å². The van der Waals surface area contributed by atoms with E-state index >= 15 is 0 Å². The minimum absolute atomic E-state index is 0.0514. The molecular formula is C20H30O2. The summed E-state index contributed by atoms with van der Waals surface area (Å²) >= 11 is 0. The molecule has 0 saturated heterocycles. The topological polar surface area (TPSA) is 37.3 Å². The highest BCUT2D eigenvalue weighted by Crippen LogP contribution is 2.62. The molecule has 3 fully saturated rings. The summed E-state index contributed by atoms with van der Waals surface area (Å²) in [7, 11) is 0. The Morgan fingerprint density at radius 3 is 2.73 bits per heavy atom. The van der Waals surface area contributed by atoms with Crippen LogP contribution in [0.25, 0.3) is 0 Å². The number of allylic oxidation sites excluding steroid dienone is 2. The van der Waals surface area contributed by atoms with Crippen LogP contribution in [0.3, 0.4) is 0 Å². The fraction of sp³-hybridized carbons (Fsp3) is 0.850. The Hall–Kier alpha value is -0.630. The highest BCUT2D eigenvalue weighted by Gasteiger charge is 2.54. The molecule has 122 valence electrons. The van der Waals surface area contributed by atoms with Crippen molar-refractivity contribution in [1.82, 2.24) is 0 Å². The molecule has 2 nitrogen and oxygen atoms in total. The monoisotopic (exact) mass is 302 g/mol. The Labute approximate surface area is 134 Å². The van der Waals surface area contributed by atoms with Crippen LogP contribution in [-0.4, -0.2) is 17.0 Å². The normalized spacial score (nSPS) is 47.7. The van der Waals surface area contributed by atoms with Crippen molar-refractivity contribution in [1.29, 1.82) is 0 Å². The van der Waals surface area contributed by atoms with Crippen LogP contribution in [0.4, 0.5) is 0 Å². The highest BCUT2D eigenvalue weighted by molar-refractivity contribution is 5.94. The van der Waals surface area contributed by atoms with Crippen molar-refractivity contribution >= 4 is 5.78 Å². The standard InChI is InChI=1S/C20H30O2/c1-12(21)15-5-6-17-16(15)7-8-19-18(17)4-3-13-11-14(22)9-10-20(13,19)2/h13-14,17-19,22H,3-11H2,1-2H3. The number of carbonyl (C=O) groups excluding carboxylic acids is 1. The summed E-state index contributed by atoms with van der Waals surface area (Å²) in [4.78, 5) is 11.9. The van der Waals surface area contributed by atoms with Gasteiger partial charge in [0.2, 0.25) is 0 Å². The molecule has 4 rings (SSSR count). The van der Waals surface area contributed by atoms with E-state index in [-0.39, 0.29) is 6.10 Å². The second kappa shape index (κ2) is 5.19. The van der Waals surface area contributed by atoms with Crippen molar-refractivity contribution in [3.05, 3.63) is 11.1 Å². The Morgan fingerprint density at radius 1 is 1.14 bits per heavy atom. The Balaban J connectivity index is 1.62. The van der Waals surface area contributed by atoms with E-state index in [1.165, 1.54) is 44.1 Å². The molecule has 0 bridgehead atoms. The summed E-state index contributed by atoms with van der Waals surface area (Å²) in [6.07, 6.45) is 10.6. The van der Waals surface area contributed by atoms with Crippen molar-refractivity contribution in [2.45, 2.75) is 77.7 Å². The van der Waals surface area contributed by atoms with Gasteiger partial charge < -0.3 is 5.11 Å². The van der Waals surface area contributed by atoms with Gasteiger partial charge in [-0.05, 0) is 99.4 Å². The molecule has 0 aromatic heterocycles. The number of rotatable bonds is 1. The number of carbonyl (C=O) groups is 1. The zero-order chi connectivity index (χ0) is 15.5. The lowest BCUT2D eigenvalue weighted by molar-refractivity contribution is -0.113. The van der Waals surface area contributed by atoms with Gasteiger partial charge in [-0.25, -0.2) is 0 Å². The summed E-state index contributed by atoms with van der Waals surface area (Å²) in [6.45, 7) is 4.29. The van der Waals surface area contributed by atoms with Crippen LogP contribution >= 0.6 is 0 Å². The number of aliphatic hydroxyl groups is 1. The van der Waals surface area contributed by atoms with Crippen LogP contribution < -0.4 is 0 Å². The van der Waals surface area contributed by atoms with Gasteiger partial charge in [-0.3, -0.25) is 4.79 Å². The zero-order valence-electron chi connectivity index (χ0n) is 14.1. The smallest absolute Gasteiger partial charge is 0.155 e. The fourth-order valence-electron chi connectivity index (χ4n) is 6.82. The summed E-state index contributed by atoms with van der Waals surface area (Å²) < 4.78 is 0. The van der Waals surface area contributed by atoms with Crippen molar-refractivity contribution in [2.75, 3.05) is 0 Å². The molecule has 1 N–H and O–H groups in total. The van der Waals surface area contributed by atoms with E-state index in [1.807, 2.05) is 0 Å². The molecule has 0 aromatic carbocycles. The lowest BCUT2D eigenvalue weighted by Gasteiger charge is -2.58. The van der Waals surface area contributed by atoms with E-state index in [9.17, 15) is 9.90 Å². The van der Waals surface area contributed by atoms with Crippen LogP contribution in [0, 0.1) is 29.1 Å². The molecule has 0 aromatic rings. The quantitative estimate of drug-likeness (QED) is 0.785. The Morgan fingerprint density at radius 2 is 1.95 bits per heavy atom. The zero-order valence-corrected chi connectivity index (χ0v) is 14.1.